The van der Waals surface area contributed by atoms with Gasteiger partial charge in [-0.25, -0.2) is 0 Å². The molecule has 3 nitrogen and oxygen atoms in total. The second-order valence-corrected chi connectivity index (χ2v) is 8.47. The number of hydrogen-bond donors (Lipinski definition) is 3. The lowest BCUT2D eigenvalue weighted by Crippen LogP contribution is -2.09. The van der Waals surface area contributed by atoms with Gasteiger partial charge in [0.25, 0.3) is 0 Å². The Morgan fingerprint density at radius 3 is 1.31 bits per heavy atom. The summed E-state index contributed by atoms with van der Waals surface area (Å²) in [6.45, 7) is 6.26. The van der Waals surface area contributed by atoms with Crippen LogP contribution in [0.5, 0.6) is 0 Å². The topological polar surface area (TPSA) is 60.7 Å². The van der Waals surface area contributed by atoms with E-state index in [9.17, 15) is 5.11 Å². The molecule has 0 aromatic carbocycles. The van der Waals surface area contributed by atoms with Gasteiger partial charge in [0.15, 0.2) is 0 Å². The van der Waals surface area contributed by atoms with Crippen LogP contribution in [0.25, 0.3) is 0 Å². The van der Waals surface area contributed by atoms with E-state index in [1.807, 2.05) is 19.1 Å². The predicted molar refractivity (Wildman–Crippen MR) is 128 cm³/mol. The Morgan fingerprint density at radius 1 is 0.586 bits per heavy atom. The van der Waals surface area contributed by atoms with E-state index in [0.717, 1.165) is 12.8 Å². The molecule has 0 aromatic rings. The molecule has 0 bridgehead atoms. The van der Waals surface area contributed by atoms with Crippen molar-refractivity contribution in [1.82, 2.24) is 0 Å². The van der Waals surface area contributed by atoms with Crippen LogP contribution in [0.3, 0.4) is 0 Å². The highest BCUT2D eigenvalue weighted by atomic mass is 16.3. The zero-order valence-electron chi connectivity index (χ0n) is 20.1. The van der Waals surface area contributed by atoms with E-state index in [2.05, 4.69) is 13.8 Å². The van der Waals surface area contributed by atoms with Crippen molar-refractivity contribution in [3.8, 4) is 0 Å². The van der Waals surface area contributed by atoms with E-state index < -0.39 is 6.10 Å². The van der Waals surface area contributed by atoms with Crippen LogP contribution in [-0.4, -0.2) is 34.1 Å². The SMILES string of the molecule is CC=CCC(O)CO.CCCCCCCCCCCC(O)CCCCCCCC. The Kier molecular flexibility index (Phi) is 29.3. The van der Waals surface area contributed by atoms with Crippen molar-refractivity contribution >= 4 is 0 Å². The number of allylic oxidation sites excluding steroid dienone is 1. The van der Waals surface area contributed by atoms with Crippen molar-refractivity contribution in [3.63, 3.8) is 0 Å². The van der Waals surface area contributed by atoms with Gasteiger partial charge in [-0.3, -0.25) is 0 Å². The first kappa shape index (κ1) is 30.8. The van der Waals surface area contributed by atoms with Crippen LogP contribution in [0.4, 0.5) is 0 Å². The first-order valence-electron chi connectivity index (χ1n) is 12.7. The van der Waals surface area contributed by atoms with Gasteiger partial charge in [0, 0.05) is 0 Å². The molecule has 2 unspecified atom stereocenters. The zero-order valence-corrected chi connectivity index (χ0v) is 20.1. The lowest BCUT2D eigenvalue weighted by atomic mass is 10.0. The van der Waals surface area contributed by atoms with Crippen molar-refractivity contribution < 1.29 is 15.3 Å². The molecular formula is C26H54O3. The highest BCUT2D eigenvalue weighted by molar-refractivity contribution is 4.79. The van der Waals surface area contributed by atoms with Crippen LogP contribution in [0.1, 0.15) is 136 Å². The second kappa shape index (κ2) is 27.6. The normalized spacial score (nSPS) is 13.3. The molecule has 3 N–H and O–H groups in total. The van der Waals surface area contributed by atoms with Crippen molar-refractivity contribution in [2.24, 2.45) is 0 Å². The van der Waals surface area contributed by atoms with Crippen molar-refractivity contribution in [2.45, 2.75) is 149 Å². The summed E-state index contributed by atoms with van der Waals surface area (Å²) in [6, 6.07) is 0. The summed E-state index contributed by atoms with van der Waals surface area (Å²) < 4.78 is 0. The van der Waals surface area contributed by atoms with Gasteiger partial charge < -0.3 is 15.3 Å². The fraction of sp³-hybridized carbons (Fsp3) is 0.923. The van der Waals surface area contributed by atoms with Crippen LogP contribution in [-0.2, 0) is 0 Å². The van der Waals surface area contributed by atoms with Crippen LogP contribution in [0.2, 0.25) is 0 Å². The Bertz CT molecular complexity index is 304. The molecule has 0 aliphatic carbocycles. The molecule has 29 heavy (non-hydrogen) atoms. The van der Waals surface area contributed by atoms with Crippen molar-refractivity contribution in [2.75, 3.05) is 6.61 Å². The number of unbranched alkanes of at least 4 members (excludes halogenated alkanes) is 13. The third-order valence-corrected chi connectivity index (χ3v) is 5.39. The molecule has 0 saturated heterocycles. The van der Waals surface area contributed by atoms with Gasteiger partial charge in [-0.2, -0.15) is 0 Å². The van der Waals surface area contributed by atoms with E-state index in [4.69, 9.17) is 10.2 Å². The highest BCUT2D eigenvalue weighted by Gasteiger charge is 2.03. The van der Waals surface area contributed by atoms with Crippen LogP contribution in [0, 0.1) is 0 Å². The minimum Gasteiger partial charge on any atom is -0.394 e. The number of aliphatic hydroxyl groups excluding tert-OH is 3. The highest BCUT2D eigenvalue weighted by Crippen LogP contribution is 2.14. The Hall–Kier alpha value is -0.380. The van der Waals surface area contributed by atoms with E-state index in [-0.39, 0.29) is 12.7 Å². The predicted octanol–water partition coefficient (Wildman–Crippen LogP) is 7.32. The smallest absolute Gasteiger partial charge is 0.0805 e. The summed E-state index contributed by atoms with van der Waals surface area (Å²) >= 11 is 0. The van der Waals surface area contributed by atoms with Crippen LogP contribution in [0.15, 0.2) is 12.2 Å². The van der Waals surface area contributed by atoms with Crippen LogP contribution < -0.4 is 0 Å². The molecule has 2 atom stereocenters. The monoisotopic (exact) mass is 414 g/mol. The lowest BCUT2D eigenvalue weighted by Gasteiger charge is -2.10. The molecule has 0 heterocycles. The zero-order chi connectivity index (χ0) is 22.0. The van der Waals surface area contributed by atoms with Gasteiger partial charge in [0.1, 0.15) is 0 Å². The summed E-state index contributed by atoms with van der Waals surface area (Å²) in [7, 11) is 0. The van der Waals surface area contributed by atoms with Gasteiger partial charge >= 0.3 is 0 Å². The summed E-state index contributed by atoms with van der Waals surface area (Å²) in [5.41, 5.74) is 0. The lowest BCUT2D eigenvalue weighted by molar-refractivity contribution is 0.0976. The summed E-state index contributed by atoms with van der Waals surface area (Å²) in [6.07, 6.45) is 26.0. The fourth-order valence-electron chi connectivity index (χ4n) is 3.36. The molecule has 0 aliphatic heterocycles. The molecule has 0 aromatic heterocycles. The second-order valence-electron chi connectivity index (χ2n) is 8.47. The number of rotatable bonds is 20. The van der Waals surface area contributed by atoms with Gasteiger partial charge in [0.2, 0.25) is 0 Å². The molecule has 176 valence electrons. The van der Waals surface area contributed by atoms with Gasteiger partial charge in [-0.1, -0.05) is 122 Å². The third kappa shape index (κ3) is 29.9. The molecule has 0 radical (unpaired) electrons. The molecule has 0 spiro atoms. The van der Waals surface area contributed by atoms with E-state index in [1.54, 1.807) is 0 Å². The molecular weight excluding hydrogens is 360 g/mol. The van der Waals surface area contributed by atoms with E-state index >= 15 is 0 Å². The minimum absolute atomic E-state index is 0.0271. The van der Waals surface area contributed by atoms with E-state index in [0.29, 0.717) is 6.42 Å². The molecule has 0 amide bonds. The Morgan fingerprint density at radius 2 is 0.966 bits per heavy atom. The van der Waals surface area contributed by atoms with E-state index in [1.165, 1.54) is 96.3 Å². The molecule has 0 fully saturated rings. The fourth-order valence-corrected chi connectivity index (χ4v) is 3.36. The minimum atomic E-state index is -0.578. The first-order chi connectivity index (χ1) is 14.1. The maximum absolute atomic E-state index is 9.95. The van der Waals surface area contributed by atoms with Crippen molar-refractivity contribution in [3.05, 3.63) is 12.2 Å². The third-order valence-electron chi connectivity index (χ3n) is 5.39. The van der Waals surface area contributed by atoms with Gasteiger partial charge in [-0.05, 0) is 26.2 Å². The summed E-state index contributed by atoms with van der Waals surface area (Å²) in [5, 5.41) is 26.9. The summed E-state index contributed by atoms with van der Waals surface area (Å²) in [5.74, 6) is 0. The maximum atomic E-state index is 9.95. The standard InChI is InChI=1S/C20H42O.C6H12O2/c1-3-5-7-9-11-12-13-15-17-19-20(21)18-16-14-10-8-6-4-2;1-2-3-4-6(8)5-7/h20-21H,3-19H2,1-2H3;2-3,6-8H,4-5H2,1H3. The first-order valence-corrected chi connectivity index (χ1v) is 12.7. The molecule has 0 saturated carbocycles. The van der Waals surface area contributed by atoms with Crippen molar-refractivity contribution in [1.29, 1.82) is 0 Å². The average Bonchev–Trinajstić information content (AvgIpc) is 2.73. The quantitative estimate of drug-likeness (QED) is 0.144. The largest absolute Gasteiger partial charge is 0.394 e. The molecule has 0 aliphatic rings. The number of hydrogen-bond acceptors (Lipinski definition) is 3. The Labute approximate surface area is 183 Å². The van der Waals surface area contributed by atoms with Gasteiger partial charge in [0.05, 0.1) is 18.8 Å². The molecule has 0 rings (SSSR count). The summed E-state index contributed by atoms with van der Waals surface area (Å²) in [4.78, 5) is 0. The average molecular weight is 415 g/mol. The van der Waals surface area contributed by atoms with Gasteiger partial charge in [-0.15, -0.1) is 0 Å². The van der Waals surface area contributed by atoms with Crippen LogP contribution >= 0.6 is 0 Å². The molecule has 3 heteroatoms. The Balaban J connectivity index is 0. The maximum Gasteiger partial charge on any atom is 0.0805 e. The number of aliphatic hydroxyl groups is 3.